The predicted molar refractivity (Wildman–Crippen MR) is 80.9 cm³/mol. The van der Waals surface area contributed by atoms with Crippen molar-refractivity contribution in [1.82, 2.24) is 10.2 Å². The molecule has 22 heavy (non-hydrogen) atoms. The Morgan fingerprint density at radius 3 is 2.55 bits per heavy atom. The minimum atomic E-state index is -1.17. The van der Waals surface area contributed by atoms with Gasteiger partial charge >= 0.3 is 5.97 Å². The second-order valence-electron chi connectivity index (χ2n) is 4.62. The van der Waals surface area contributed by atoms with E-state index < -0.39 is 23.7 Å². The molecule has 0 spiro atoms. The summed E-state index contributed by atoms with van der Waals surface area (Å²) < 4.78 is 13.3. The quantitative estimate of drug-likeness (QED) is 0.792. The average molecular weight is 375 g/mol. The standard InChI is InChI=1S/C14H16BrFN2O4/c1-8(14(21)22)18(6-5-17-9(2)19)13(20)10-3-4-12(16)11(15)7-10/h3-4,7-8H,5-6H2,1-2H3,(H,17,19)(H,21,22). The van der Waals surface area contributed by atoms with Crippen molar-refractivity contribution in [3.8, 4) is 0 Å². The summed E-state index contributed by atoms with van der Waals surface area (Å²) in [7, 11) is 0. The van der Waals surface area contributed by atoms with Crippen LogP contribution in [0.1, 0.15) is 24.2 Å². The van der Waals surface area contributed by atoms with E-state index in [0.717, 1.165) is 11.0 Å². The van der Waals surface area contributed by atoms with Crippen LogP contribution in [0.15, 0.2) is 22.7 Å². The van der Waals surface area contributed by atoms with Crippen LogP contribution in [-0.2, 0) is 9.59 Å². The Bertz CT molecular complexity index is 594. The largest absolute Gasteiger partial charge is 0.480 e. The summed E-state index contributed by atoms with van der Waals surface area (Å²) in [5.74, 6) is -2.52. The zero-order chi connectivity index (χ0) is 16.9. The average Bonchev–Trinajstić information content (AvgIpc) is 2.44. The molecule has 6 nitrogen and oxygen atoms in total. The van der Waals surface area contributed by atoms with Crippen molar-refractivity contribution in [2.45, 2.75) is 19.9 Å². The lowest BCUT2D eigenvalue weighted by Crippen LogP contribution is -2.46. The summed E-state index contributed by atoms with van der Waals surface area (Å²) >= 11 is 2.98. The summed E-state index contributed by atoms with van der Waals surface area (Å²) in [6, 6.07) is 2.61. The molecule has 8 heteroatoms. The van der Waals surface area contributed by atoms with Crippen LogP contribution in [0.3, 0.4) is 0 Å². The first kappa shape index (κ1) is 18.1. The van der Waals surface area contributed by atoms with Gasteiger partial charge in [-0.25, -0.2) is 9.18 Å². The molecule has 0 radical (unpaired) electrons. The van der Waals surface area contributed by atoms with Gasteiger partial charge in [0.25, 0.3) is 5.91 Å². The number of halogens is 2. The number of carbonyl (C=O) groups excluding carboxylic acids is 2. The number of carboxylic acids is 1. The Hall–Kier alpha value is -1.96. The third-order valence-corrected chi connectivity index (χ3v) is 3.59. The minimum Gasteiger partial charge on any atom is -0.480 e. The van der Waals surface area contributed by atoms with Gasteiger partial charge in [0.05, 0.1) is 4.47 Å². The molecule has 1 unspecified atom stereocenters. The first-order chi connectivity index (χ1) is 10.2. The van der Waals surface area contributed by atoms with Gasteiger partial charge in [0, 0.05) is 25.6 Å². The molecule has 0 aromatic heterocycles. The molecule has 2 amide bonds. The van der Waals surface area contributed by atoms with Gasteiger partial charge < -0.3 is 15.3 Å². The van der Waals surface area contributed by atoms with Crippen molar-refractivity contribution in [2.24, 2.45) is 0 Å². The van der Waals surface area contributed by atoms with Crippen LogP contribution in [0.5, 0.6) is 0 Å². The van der Waals surface area contributed by atoms with Gasteiger partial charge in [-0.2, -0.15) is 0 Å². The zero-order valence-corrected chi connectivity index (χ0v) is 13.7. The normalized spacial score (nSPS) is 11.6. The van der Waals surface area contributed by atoms with Crippen LogP contribution in [-0.4, -0.2) is 46.9 Å². The monoisotopic (exact) mass is 374 g/mol. The number of rotatable bonds is 6. The van der Waals surface area contributed by atoms with E-state index in [0.29, 0.717) is 0 Å². The van der Waals surface area contributed by atoms with Crippen molar-refractivity contribution in [3.05, 3.63) is 34.1 Å². The van der Waals surface area contributed by atoms with E-state index in [-0.39, 0.29) is 29.0 Å². The number of hydrogen-bond donors (Lipinski definition) is 2. The number of benzene rings is 1. The number of nitrogens with zero attached hydrogens (tertiary/aromatic N) is 1. The zero-order valence-electron chi connectivity index (χ0n) is 12.1. The lowest BCUT2D eigenvalue weighted by atomic mass is 10.1. The molecule has 0 saturated carbocycles. The molecule has 0 heterocycles. The maximum Gasteiger partial charge on any atom is 0.326 e. The van der Waals surface area contributed by atoms with Gasteiger partial charge in [-0.15, -0.1) is 0 Å². The van der Waals surface area contributed by atoms with E-state index in [4.69, 9.17) is 5.11 Å². The first-order valence-corrected chi connectivity index (χ1v) is 7.26. The number of amides is 2. The summed E-state index contributed by atoms with van der Waals surface area (Å²) in [5, 5.41) is 11.6. The van der Waals surface area contributed by atoms with Crippen molar-refractivity contribution in [2.75, 3.05) is 13.1 Å². The van der Waals surface area contributed by atoms with Crippen molar-refractivity contribution < 1.29 is 23.9 Å². The fourth-order valence-corrected chi connectivity index (χ4v) is 2.13. The highest BCUT2D eigenvalue weighted by Crippen LogP contribution is 2.18. The molecule has 1 aromatic rings. The molecule has 0 aliphatic carbocycles. The number of carboxylic acid groups (broad SMARTS) is 1. The van der Waals surface area contributed by atoms with E-state index in [1.807, 2.05) is 0 Å². The lowest BCUT2D eigenvalue weighted by molar-refractivity contribution is -0.141. The Morgan fingerprint density at radius 1 is 1.41 bits per heavy atom. The van der Waals surface area contributed by atoms with Gasteiger partial charge in [-0.3, -0.25) is 9.59 Å². The second-order valence-corrected chi connectivity index (χ2v) is 5.48. The molecule has 0 fully saturated rings. The van der Waals surface area contributed by atoms with Crippen molar-refractivity contribution >= 4 is 33.7 Å². The van der Waals surface area contributed by atoms with Crippen LogP contribution in [0.4, 0.5) is 4.39 Å². The van der Waals surface area contributed by atoms with E-state index in [1.165, 1.54) is 26.0 Å². The summed E-state index contributed by atoms with van der Waals surface area (Å²) in [6.45, 7) is 2.85. The maximum atomic E-state index is 13.2. The summed E-state index contributed by atoms with van der Waals surface area (Å²) in [4.78, 5) is 35.6. The topological polar surface area (TPSA) is 86.7 Å². The molecule has 1 rings (SSSR count). The minimum absolute atomic E-state index is 0.0286. The molecule has 0 bridgehead atoms. The Labute approximate surface area is 135 Å². The SMILES string of the molecule is CC(=O)NCCN(C(=O)c1ccc(F)c(Br)c1)C(C)C(=O)O. The molecule has 0 saturated heterocycles. The number of aliphatic carboxylic acids is 1. The fourth-order valence-electron chi connectivity index (χ4n) is 1.75. The van der Waals surface area contributed by atoms with E-state index in [1.54, 1.807) is 0 Å². The van der Waals surface area contributed by atoms with E-state index >= 15 is 0 Å². The molecule has 0 aliphatic heterocycles. The molecule has 1 aromatic carbocycles. The van der Waals surface area contributed by atoms with Crippen LogP contribution >= 0.6 is 15.9 Å². The molecule has 2 N–H and O–H groups in total. The smallest absolute Gasteiger partial charge is 0.326 e. The van der Waals surface area contributed by atoms with Crippen LogP contribution in [0.25, 0.3) is 0 Å². The molecule has 120 valence electrons. The van der Waals surface area contributed by atoms with Gasteiger partial charge in [0.15, 0.2) is 0 Å². The number of carbonyl (C=O) groups is 3. The predicted octanol–water partition coefficient (Wildman–Crippen LogP) is 1.64. The van der Waals surface area contributed by atoms with Gasteiger partial charge in [0.1, 0.15) is 11.9 Å². The highest BCUT2D eigenvalue weighted by atomic mass is 79.9. The Kier molecular flexibility index (Phi) is 6.48. The fraction of sp³-hybridized carbons (Fsp3) is 0.357. The third-order valence-electron chi connectivity index (χ3n) is 2.98. The molecule has 0 aliphatic rings. The maximum absolute atomic E-state index is 13.2. The number of nitrogens with one attached hydrogen (secondary N) is 1. The highest BCUT2D eigenvalue weighted by molar-refractivity contribution is 9.10. The second kappa shape index (κ2) is 7.88. The van der Waals surface area contributed by atoms with E-state index in [2.05, 4.69) is 21.2 Å². The molecule has 1 atom stereocenters. The summed E-state index contributed by atoms with van der Waals surface area (Å²) in [6.07, 6.45) is 0. The molecular formula is C14H16BrFN2O4. The lowest BCUT2D eigenvalue weighted by Gasteiger charge is -2.26. The third kappa shape index (κ3) is 4.80. The van der Waals surface area contributed by atoms with Gasteiger partial charge in [-0.1, -0.05) is 0 Å². The molecular weight excluding hydrogens is 359 g/mol. The van der Waals surface area contributed by atoms with Crippen molar-refractivity contribution in [3.63, 3.8) is 0 Å². The highest BCUT2D eigenvalue weighted by Gasteiger charge is 2.26. The van der Waals surface area contributed by atoms with Gasteiger partial charge in [-0.05, 0) is 41.1 Å². The van der Waals surface area contributed by atoms with Crippen molar-refractivity contribution in [1.29, 1.82) is 0 Å². The van der Waals surface area contributed by atoms with Crippen LogP contribution in [0.2, 0.25) is 0 Å². The van der Waals surface area contributed by atoms with Crippen LogP contribution in [0, 0.1) is 5.82 Å². The number of hydrogen-bond acceptors (Lipinski definition) is 3. The van der Waals surface area contributed by atoms with E-state index in [9.17, 15) is 18.8 Å². The first-order valence-electron chi connectivity index (χ1n) is 6.47. The van der Waals surface area contributed by atoms with Crippen LogP contribution < -0.4 is 5.32 Å². The Balaban J connectivity index is 2.97. The van der Waals surface area contributed by atoms with Gasteiger partial charge in [0.2, 0.25) is 5.91 Å². The summed E-state index contributed by atoms with van der Waals surface area (Å²) in [5.41, 5.74) is 0.157. The Morgan fingerprint density at radius 2 is 2.05 bits per heavy atom.